The molecular weight excluding hydrogens is 158 g/mol. The van der Waals surface area contributed by atoms with Crippen LogP contribution in [0.15, 0.2) is 0 Å². The quantitative estimate of drug-likeness (QED) is 0.392. The molecule has 0 aromatic carbocycles. The maximum absolute atomic E-state index is 5.34. The first-order valence-electron chi connectivity index (χ1n) is 4.07. The van der Waals surface area contributed by atoms with Crippen molar-refractivity contribution in [1.82, 2.24) is 4.90 Å². The van der Waals surface area contributed by atoms with Crippen molar-refractivity contribution in [3.05, 3.63) is 0 Å². The highest BCUT2D eigenvalue weighted by molar-refractivity contribution is 6.26. The Bertz CT molecular complexity index is 80.8. The van der Waals surface area contributed by atoms with E-state index in [2.05, 4.69) is 4.90 Å². The van der Waals surface area contributed by atoms with Crippen LogP contribution in [0.5, 0.6) is 0 Å². The first-order chi connectivity index (χ1) is 5.27. The molecule has 0 aromatic heterocycles. The molecule has 0 N–H and O–H groups in total. The Kier molecular flexibility index (Phi) is 8.27. The van der Waals surface area contributed by atoms with Gasteiger partial charge < -0.3 is 14.1 Å². The summed E-state index contributed by atoms with van der Waals surface area (Å²) < 4.78 is 10.6. The molecule has 0 saturated carbocycles. The zero-order chi connectivity index (χ0) is 8.53. The molecule has 0 bridgehead atoms. The van der Waals surface area contributed by atoms with E-state index in [0.717, 1.165) is 26.0 Å². The highest BCUT2D eigenvalue weighted by Gasteiger charge is 1.90. The number of rotatable bonds is 7. The molecule has 0 heterocycles. The molecule has 0 unspecified atom stereocenters. The van der Waals surface area contributed by atoms with E-state index in [1.54, 1.807) is 0 Å². The fourth-order valence-electron chi connectivity index (χ4n) is 0.611. The van der Waals surface area contributed by atoms with Crippen LogP contribution in [0, 0.1) is 0 Å². The van der Waals surface area contributed by atoms with Crippen LogP contribution >= 0.6 is 0 Å². The third-order valence-corrected chi connectivity index (χ3v) is 2.41. The Morgan fingerprint density at radius 2 is 2.09 bits per heavy atom. The average molecular weight is 177 g/mol. The second-order valence-electron chi connectivity index (χ2n) is 2.61. The maximum atomic E-state index is 5.34. The van der Waals surface area contributed by atoms with Crippen molar-refractivity contribution in [1.29, 1.82) is 0 Å². The Morgan fingerprint density at radius 1 is 1.36 bits per heavy atom. The van der Waals surface area contributed by atoms with Gasteiger partial charge in [-0.05, 0) is 21.0 Å². The molecule has 0 saturated heterocycles. The third kappa shape index (κ3) is 10.1. The zero-order valence-corrected chi connectivity index (χ0v) is 9.21. The van der Waals surface area contributed by atoms with Crippen LogP contribution < -0.4 is 0 Å². The molecule has 4 heteroatoms. The van der Waals surface area contributed by atoms with Crippen LogP contribution in [0.1, 0.15) is 6.92 Å². The minimum absolute atomic E-state index is 0.374. The summed E-state index contributed by atoms with van der Waals surface area (Å²) in [5.74, 6) is 0. The van der Waals surface area contributed by atoms with Crippen molar-refractivity contribution in [3.63, 3.8) is 0 Å². The van der Waals surface area contributed by atoms with Crippen LogP contribution in [-0.2, 0) is 9.16 Å². The minimum atomic E-state index is -0.374. The van der Waals surface area contributed by atoms with Gasteiger partial charge in [0.1, 0.15) is 0 Å². The van der Waals surface area contributed by atoms with Crippen molar-refractivity contribution in [2.45, 2.75) is 6.92 Å². The van der Waals surface area contributed by atoms with Gasteiger partial charge in [0.25, 0.3) is 0 Å². The zero-order valence-electron chi connectivity index (χ0n) is 7.80. The summed E-state index contributed by atoms with van der Waals surface area (Å²) >= 11 is 0. The molecule has 0 atom stereocenters. The molecule has 0 aromatic rings. The Hall–Kier alpha value is 0.0969. The smallest absolute Gasteiger partial charge is 0.186 e. The second-order valence-corrected chi connectivity index (χ2v) is 3.84. The predicted octanol–water partition coefficient (Wildman–Crippen LogP) is -0.358. The molecule has 11 heavy (non-hydrogen) atoms. The largest absolute Gasteiger partial charge is 0.422 e. The molecule has 0 aliphatic rings. The van der Waals surface area contributed by atoms with Crippen LogP contribution in [0.2, 0.25) is 0 Å². The van der Waals surface area contributed by atoms with E-state index in [0.29, 0.717) is 0 Å². The summed E-state index contributed by atoms with van der Waals surface area (Å²) in [5, 5.41) is 0. The summed E-state index contributed by atoms with van der Waals surface area (Å²) in [6, 6.07) is 0. The number of nitrogens with zero attached hydrogens (tertiary/aromatic N) is 1. The second kappa shape index (κ2) is 8.20. The van der Waals surface area contributed by atoms with Gasteiger partial charge >= 0.3 is 0 Å². The van der Waals surface area contributed by atoms with Gasteiger partial charge in [-0.15, -0.1) is 0 Å². The molecule has 3 nitrogen and oxygen atoms in total. The molecule has 0 aliphatic heterocycles. The van der Waals surface area contributed by atoms with Gasteiger partial charge in [0.2, 0.25) is 0 Å². The number of hydrogen-bond donors (Lipinski definition) is 0. The Balaban J connectivity index is 2.80. The maximum Gasteiger partial charge on any atom is 0.186 e. The molecule has 0 amide bonds. The fourth-order valence-corrected chi connectivity index (χ4v) is 1.34. The highest BCUT2D eigenvalue weighted by Crippen LogP contribution is 1.78. The van der Waals surface area contributed by atoms with Gasteiger partial charge in [-0.25, -0.2) is 0 Å². The topological polar surface area (TPSA) is 21.7 Å². The summed E-state index contributed by atoms with van der Waals surface area (Å²) in [7, 11) is 3.72. The van der Waals surface area contributed by atoms with Crippen molar-refractivity contribution in [2.75, 3.05) is 40.1 Å². The first-order valence-corrected chi connectivity index (χ1v) is 5.65. The van der Waals surface area contributed by atoms with Crippen LogP contribution in [0.25, 0.3) is 0 Å². The van der Waals surface area contributed by atoms with E-state index in [9.17, 15) is 0 Å². The lowest BCUT2D eigenvalue weighted by Crippen LogP contribution is -2.19. The SMILES string of the molecule is CCO[SiH2]COCCN(C)C. The molecule has 0 aliphatic carbocycles. The fraction of sp³-hybridized carbons (Fsp3) is 1.00. The van der Waals surface area contributed by atoms with E-state index in [1.165, 1.54) is 0 Å². The molecular formula is C7H19NO2Si. The average Bonchev–Trinajstić information content (AvgIpc) is 1.96. The summed E-state index contributed by atoms with van der Waals surface area (Å²) in [6.45, 7) is 4.68. The predicted molar refractivity (Wildman–Crippen MR) is 49.5 cm³/mol. The van der Waals surface area contributed by atoms with E-state index < -0.39 is 0 Å². The monoisotopic (exact) mass is 177 g/mol. The normalized spacial score (nSPS) is 12.0. The van der Waals surface area contributed by atoms with Gasteiger partial charge in [-0.1, -0.05) is 0 Å². The minimum Gasteiger partial charge on any atom is -0.422 e. The Labute approximate surface area is 71.6 Å². The van der Waals surface area contributed by atoms with Crippen molar-refractivity contribution in [2.24, 2.45) is 0 Å². The lowest BCUT2D eigenvalue weighted by Gasteiger charge is -2.09. The highest BCUT2D eigenvalue weighted by atomic mass is 28.2. The first kappa shape index (κ1) is 11.1. The van der Waals surface area contributed by atoms with E-state index in [1.807, 2.05) is 21.0 Å². The van der Waals surface area contributed by atoms with Crippen molar-refractivity contribution in [3.8, 4) is 0 Å². The standard InChI is InChI=1S/C7H19NO2Si/c1-4-10-11-7-9-6-5-8(2)3/h4-7,11H2,1-3H3. The summed E-state index contributed by atoms with van der Waals surface area (Å²) in [6.07, 6.45) is 0.849. The van der Waals surface area contributed by atoms with Gasteiger partial charge in [-0.2, -0.15) is 0 Å². The third-order valence-electron chi connectivity index (χ3n) is 1.26. The molecule has 0 radical (unpaired) electrons. The van der Waals surface area contributed by atoms with Crippen LogP contribution in [-0.4, -0.2) is 54.7 Å². The molecule has 68 valence electrons. The molecule has 0 rings (SSSR count). The van der Waals surface area contributed by atoms with Gasteiger partial charge in [-0.3, -0.25) is 0 Å². The summed E-state index contributed by atoms with van der Waals surface area (Å²) in [4.78, 5) is 2.11. The number of likely N-dealkylation sites (N-methyl/N-ethyl adjacent to an activating group) is 1. The Morgan fingerprint density at radius 3 is 2.64 bits per heavy atom. The summed E-state index contributed by atoms with van der Waals surface area (Å²) in [5.41, 5.74) is 0. The number of hydrogen-bond acceptors (Lipinski definition) is 3. The number of ether oxygens (including phenoxy) is 1. The van der Waals surface area contributed by atoms with E-state index >= 15 is 0 Å². The van der Waals surface area contributed by atoms with E-state index in [-0.39, 0.29) is 9.76 Å². The van der Waals surface area contributed by atoms with Crippen molar-refractivity contribution < 1.29 is 9.16 Å². The van der Waals surface area contributed by atoms with Crippen molar-refractivity contribution >= 4 is 9.76 Å². The van der Waals surface area contributed by atoms with Gasteiger partial charge in [0.05, 0.1) is 12.8 Å². The van der Waals surface area contributed by atoms with Crippen LogP contribution in [0.3, 0.4) is 0 Å². The molecule has 0 fully saturated rings. The van der Waals surface area contributed by atoms with E-state index in [4.69, 9.17) is 9.16 Å². The lowest BCUT2D eigenvalue weighted by atomic mass is 10.6. The molecule has 0 spiro atoms. The van der Waals surface area contributed by atoms with Gasteiger partial charge in [0.15, 0.2) is 9.76 Å². The van der Waals surface area contributed by atoms with Crippen LogP contribution in [0.4, 0.5) is 0 Å². The lowest BCUT2D eigenvalue weighted by molar-refractivity contribution is 0.145. The van der Waals surface area contributed by atoms with Gasteiger partial charge in [0, 0.05) is 13.2 Å².